The Hall–Kier alpha value is -1.51. The molecule has 0 aromatic carbocycles. The number of carbonyl (C=O) groups is 1. The average Bonchev–Trinajstić information content (AvgIpc) is 2.71. The van der Waals surface area contributed by atoms with Crippen LogP contribution < -0.4 is 10.6 Å². The van der Waals surface area contributed by atoms with Crippen LogP contribution >= 0.6 is 0 Å². The van der Waals surface area contributed by atoms with Gasteiger partial charge in [0, 0.05) is 26.2 Å². The summed E-state index contributed by atoms with van der Waals surface area (Å²) in [6.45, 7) is 4.02. The van der Waals surface area contributed by atoms with Crippen molar-refractivity contribution in [2.75, 3.05) is 40.3 Å². The maximum absolute atomic E-state index is 12.0. The van der Waals surface area contributed by atoms with E-state index in [2.05, 4.69) is 20.9 Å². The minimum Gasteiger partial charge on any atom is -0.387 e. The van der Waals surface area contributed by atoms with Gasteiger partial charge in [-0.1, -0.05) is 5.21 Å². The first kappa shape index (κ1) is 14.9. The highest BCUT2D eigenvalue weighted by atomic mass is 16.3. The summed E-state index contributed by atoms with van der Waals surface area (Å²) in [5.74, 6) is -0.317. The molecule has 20 heavy (non-hydrogen) atoms. The van der Waals surface area contributed by atoms with Crippen LogP contribution in [0.15, 0.2) is 6.20 Å². The molecule has 0 spiro atoms. The van der Waals surface area contributed by atoms with Crippen LogP contribution in [0.25, 0.3) is 0 Å². The van der Waals surface area contributed by atoms with Gasteiger partial charge in [-0.3, -0.25) is 4.79 Å². The molecule has 1 atom stereocenters. The van der Waals surface area contributed by atoms with Gasteiger partial charge < -0.3 is 20.6 Å². The quantitative estimate of drug-likeness (QED) is 0.585. The molecule has 1 saturated heterocycles. The Morgan fingerprint density at radius 2 is 2.35 bits per heavy atom. The summed E-state index contributed by atoms with van der Waals surface area (Å²) < 4.78 is 1.70. The first-order valence-electron chi connectivity index (χ1n) is 6.65. The van der Waals surface area contributed by atoms with Crippen LogP contribution in [0.4, 0.5) is 0 Å². The van der Waals surface area contributed by atoms with Crippen LogP contribution in [-0.2, 0) is 0 Å². The molecule has 1 aromatic rings. The van der Waals surface area contributed by atoms with Crippen molar-refractivity contribution in [2.45, 2.75) is 18.6 Å². The molecule has 1 amide bonds. The summed E-state index contributed by atoms with van der Waals surface area (Å²) in [5.41, 5.74) is -0.704. The van der Waals surface area contributed by atoms with Gasteiger partial charge in [0.25, 0.3) is 5.91 Å². The van der Waals surface area contributed by atoms with Gasteiger partial charge >= 0.3 is 0 Å². The number of hydrogen-bond acceptors (Lipinski definition) is 6. The summed E-state index contributed by atoms with van der Waals surface area (Å²) in [4.78, 5) is 13.8. The van der Waals surface area contributed by atoms with E-state index >= 15 is 0 Å². The zero-order valence-electron chi connectivity index (χ0n) is 12.1. The normalized spacial score (nSPS) is 18.6. The van der Waals surface area contributed by atoms with E-state index in [9.17, 15) is 9.90 Å². The monoisotopic (exact) mass is 282 g/mol. The molecule has 0 radical (unpaired) electrons. The first-order chi connectivity index (χ1) is 9.37. The predicted octanol–water partition coefficient (Wildman–Crippen LogP) is -1.54. The second-order valence-corrected chi connectivity index (χ2v) is 5.81. The highest BCUT2D eigenvalue weighted by molar-refractivity contribution is 5.91. The Kier molecular flexibility index (Phi) is 4.36. The van der Waals surface area contributed by atoms with Crippen molar-refractivity contribution in [2.24, 2.45) is 0 Å². The van der Waals surface area contributed by atoms with Crippen LogP contribution in [0, 0.1) is 0 Å². The van der Waals surface area contributed by atoms with Gasteiger partial charge in [0.1, 0.15) is 0 Å². The molecular weight excluding hydrogens is 260 g/mol. The van der Waals surface area contributed by atoms with Gasteiger partial charge in [0.2, 0.25) is 0 Å². The van der Waals surface area contributed by atoms with Gasteiger partial charge in [0.15, 0.2) is 5.69 Å². The van der Waals surface area contributed by atoms with Crippen molar-refractivity contribution in [3.63, 3.8) is 0 Å². The first-order valence-corrected chi connectivity index (χ1v) is 6.65. The summed E-state index contributed by atoms with van der Waals surface area (Å²) >= 11 is 0. The van der Waals surface area contributed by atoms with E-state index in [4.69, 9.17) is 0 Å². The van der Waals surface area contributed by atoms with E-state index in [1.165, 1.54) is 0 Å². The van der Waals surface area contributed by atoms with Crippen LogP contribution in [0.2, 0.25) is 0 Å². The van der Waals surface area contributed by atoms with E-state index in [1.807, 2.05) is 19.0 Å². The third kappa shape index (κ3) is 3.75. The number of aromatic nitrogens is 3. The maximum atomic E-state index is 12.0. The Morgan fingerprint density at radius 1 is 1.65 bits per heavy atom. The highest BCUT2D eigenvalue weighted by Gasteiger charge is 2.24. The molecule has 0 aliphatic carbocycles. The topological polar surface area (TPSA) is 95.3 Å². The second-order valence-electron chi connectivity index (χ2n) is 5.81. The lowest BCUT2D eigenvalue weighted by molar-refractivity contribution is 0.0325. The second kappa shape index (κ2) is 5.86. The number of rotatable bonds is 6. The summed E-state index contributed by atoms with van der Waals surface area (Å²) in [6, 6.07) is 0.279. The summed E-state index contributed by atoms with van der Waals surface area (Å²) in [6.07, 6.45) is 1.64. The zero-order valence-corrected chi connectivity index (χ0v) is 12.1. The molecule has 8 nitrogen and oxygen atoms in total. The Bertz CT molecular complexity index is 466. The van der Waals surface area contributed by atoms with Gasteiger partial charge in [-0.25, -0.2) is 4.68 Å². The SMILES string of the molecule is CN(C)CC(C)(O)CNC(=O)c1cn(C2CNC2)nn1. The molecule has 1 aromatic heterocycles. The molecule has 8 heteroatoms. The molecule has 2 rings (SSSR count). The highest BCUT2D eigenvalue weighted by Crippen LogP contribution is 2.10. The minimum absolute atomic E-state index is 0.169. The molecule has 112 valence electrons. The fourth-order valence-corrected chi connectivity index (χ4v) is 2.12. The molecule has 1 unspecified atom stereocenters. The lowest BCUT2D eigenvalue weighted by Crippen LogP contribution is -2.47. The smallest absolute Gasteiger partial charge is 0.273 e. The van der Waals surface area contributed by atoms with E-state index in [0.29, 0.717) is 6.54 Å². The van der Waals surface area contributed by atoms with Crippen molar-refractivity contribution < 1.29 is 9.90 Å². The van der Waals surface area contributed by atoms with Crippen molar-refractivity contribution in [3.05, 3.63) is 11.9 Å². The zero-order chi connectivity index (χ0) is 14.8. The van der Waals surface area contributed by atoms with Crippen LogP contribution in [0.3, 0.4) is 0 Å². The Morgan fingerprint density at radius 3 is 2.90 bits per heavy atom. The predicted molar refractivity (Wildman–Crippen MR) is 73.4 cm³/mol. The minimum atomic E-state index is -0.979. The number of hydrogen-bond donors (Lipinski definition) is 3. The van der Waals surface area contributed by atoms with Gasteiger partial charge in [0.05, 0.1) is 17.8 Å². The van der Waals surface area contributed by atoms with E-state index in [1.54, 1.807) is 17.8 Å². The molecule has 0 saturated carbocycles. The molecule has 3 N–H and O–H groups in total. The molecule has 1 fully saturated rings. The number of carbonyl (C=O) groups excluding carboxylic acids is 1. The molecule has 1 aliphatic rings. The third-order valence-corrected chi connectivity index (χ3v) is 3.16. The van der Waals surface area contributed by atoms with Gasteiger partial charge in [-0.2, -0.15) is 0 Å². The molecule has 0 bridgehead atoms. The maximum Gasteiger partial charge on any atom is 0.273 e. The third-order valence-electron chi connectivity index (χ3n) is 3.16. The number of nitrogens with zero attached hydrogens (tertiary/aromatic N) is 4. The Labute approximate surface area is 118 Å². The van der Waals surface area contributed by atoms with E-state index < -0.39 is 5.60 Å². The van der Waals surface area contributed by atoms with Crippen LogP contribution in [0.1, 0.15) is 23.5 Å². The number of aliphatic hydroxyl groups is 1. The fourth-order valence-electron chi connectivity index (χ4n) is 2.12. The molecular formula is C12H22N6O2. The molecule has 1 aliphatic heterocycles. The van der Waals surface area contributed by atoms with Crippen molar-refractivity contribution >= 4 is 5.91 Å². The lowest BCUT2D eigenvalue weighted by atomic mass is 10.1. The summed E-state index contributed by atoms with van der Waals surface area (Å²) in [7, 11) is 3.74. The summed E-state index contributed by atoms with van der Waals surface area (Å²) in [5, 5.41) is 23.7. The van der Waals surface area contributed by atoms with Gasteiger partial charge in [-0.05, 0) is 21.0 Å². The Balaban J connectivity index is 1.86. The number of nitrogens with one attached hydrogen (secondary N) is 2. The van der Waals surface area contributed by atoms with Crippen molar-refractivity contribution in [3.8, 4) is 0 Å². The van der Waals surface area contributed by atoms with Crippen molar-refractivity contribution in [1.82, 2.24) is 30.5 Å². The van der Waals surface area contributed by atoms with Crippen molar-refractivity contribution in [1.29, 1.82) is 0 Å². The van der Waals surface area contributed by atoms with Crippen LogP contribution in [0.5, 0.6) is 0 Å². The van der Waals surface area contributed by atoms with E-state index in [0.717, 1.165) is 13.1 Å². The lowest BCUT2D eigenvalue weighted by Gasteiger charge is -2.27. The largest absolute Gasteiger partial charge is 0.387 e. The standard InChI is InChI=1S/C12H22N6O2/c1-12(20,8-17(2)3)7-14-11(19)10-6-18(16-15-10)9-4-13-5-9/h6,9,13,20H,4-5,7-8H2,1-3H3,(H,14,19). The van der Waals surface area contributed by atoms with Gasteiger partial charge in [-0.15, -0.1) is 5.10 Å². The number of likely N-dealkylation sites (N-methyl/N-ethyl adjacent to an activating group) is 1. The number of amides is 1. The van der Waals surface area contributed by atoms with Crippen LogP contribution in [-0.4, -0.2) is 76.8 Å². The average molecular weight is 282 g/mol. The molecule has 2 heterocycles. The fraction of sp³-hybridized carbons (Fsp3) is 0.750. The van der Waals surface area contributed by atoms with E-state index in [-0.39, 0.29) is 24.2 Å².